The van der Waals surface area contributed by atoms with Crippen LogP contribution in [-0.4, -0.2) is 47.9 Å². The molecule has 2 saturated heterocycles. The van der Waals surface area contributed by atoms with Crippen LogP contribution in [0.15, 0.2) is 0 Å². The lowest BCUT2D eigenvalue weighted by Gasteiger charge is -2.28. The number of nitrogens with one attached hydrogen (secondary N) is 2. The molecule has 0 spiro atoms. The van der Waals surface area contributed by atoms with Crippen LogP contribution in [0.3, 0.4) is 0 Å². The second-order valence-electron chi connectivity index (χ2n) is 6.25. The minimum atomic E-state index is 0. The fraction of sp³-hybridized carbons (Fsp3) is 0.867. The van der Waals surface area contributed by atoms with E-state index in [0.717, 1.165) is 32.4 Å². The highest BCUT2D eigenvalue weighted by Crippen LogP contribution is 2.28. The van der Waals surface area contributed by atoms with Crippen molar-refractivity contribution in [3.8, 4) is 0 Å². The first kappa shape index (κ1) is 18.2. The minimum absolute atomic E-state index is 0. The first-order valence-electron chi connectivity index (χ1n) is 7.89. The molecule has 2 atom stereocenters. The summed E-state index contributed by atoms with van der Waals surface area (Å²) >= 11 is 0. The third-order valence-electron chi connectivity index (χ3n) is 4.19. The van der Waals surface area contributed by atoms with E-state index in [1.807, 2.05) is 13.8 Å². The molecule has 2 bridgehead atoms. The maximum absolute atomic E-state index is 12.4. The van der Waals surface area contributed by atoms with Crippen LogP contribution in [0.1, 0.15) is 52.4 Å². The average Bonchev–Trinajstić information content (AvgIpc) is 2.61. The maximum atomic E-state index is 12.4. The zero-order chi connectivity index (χ0) is 14.5. The highest BCUT2D eigenvalue weighted by molar-refractivity contribution is 5.85. The summed E-state index contributed by atoms with van der Waals surface area (Å²) in [5.74, 6) is 0.284. The van der Waals surface area contributed by atoms with E-state index in [9.17, 15) is 9.59 Å². The second kappa shape index (κ2) is 8.59. The van der Waals surface area contributed by atoms with Gasteiger partial charge in [-0.3, -0.25) is 9.59 Å². The summed E-state index contributed by atoms with van der Waals surface area (Å²) in [6, 6.07) is 0.970. The van der Waals surface area contributed by atoms with E-state index in [0.29, 0.717) is 31.3 Å². The van der Waals surface area contributed by atoms with Crippen molar-refractivity contribution in [2.24, 2.45) is 0 Å². The van der Waals surface area contributed by atoms with Crippen molar-refractivity contribution in [3.63, 3.8) is 0 Å². The molecule has 5 nitrogen and oxygen atoms in total. The van der Waals surface area contributed by atoms with Crippen molar-refractivity contribution in [2.75, 3.05) is 13.1 Å². The van der Waals surface area contributed by atoms with Gasteiger partial charge in [0.2, 0.25) is 11.8 Å². The van der Waals surface area contributed by atoms with Crippen molar-refractivity contribution in [1.82, 2.24) is 15.5 Å². The Balaban J connectivity index is 0.00000220. The molecule has 0 aromatic carbocycles. The number of halogens is 1. The smallest absolute Gasteiger partial charge is 0.223 e. The molecule has 0 aromatic rings. The lowest BCUT2D eigenvalue weighted by Crippen LogP contribution is -2.42. The number of carbonyl (C=O) groups is 2. The molecule has 2 unspecified atom stereocenters. The molecule has 0 saturated carbocycles. The van der Waals surface area contributed by atoms with Gasteiger partial charge in [-0.05, 0) is 46.1 Å². The van der Waals surface area contributed by atoms with Crippen LogP contribution < -0.4 is 10.6 Å². The number of carbonyl (C=O) groups excluding carboxylic acids is 2. The third-order valence-corrected chi connectivity index (χ3v) is 4.19. The maximum Gasteiger partial charge on any atom is 0.223 e. The van der Waals surface area contributed by atoms with Crippen LogP contribution >= 0.6 is 12.4 Å². The molecule has 2 N–H and O–H groups in total. The van der Waals surface area contributed by atoms with E-state index in [1.165, 1.54) is 0 Å². The van der Waals surface area contributed by atoms with Gasteiger partial charge in [-0.1, -0.05) is 0 Å². The molecule has 2 aliphatic rings. The molecule has 2 aliphatic heterocycles. The lowest BCUT2D eigenvalue weighted by molar-refractivity contribution is -0.134. The number of rotatable bonds is 5. The summed E-state index contributed by atoms with van der Waals surface area (Å²) in [4.78, 5) is 26.0. The number of nitrogens with zero attached hydrogens (tertiary/aromatic N) is 1. The third kappa shape index (κ3) is 5.15. The van der Waals surface area contributed by atoms with Gasteiger partial charge >= 0.3 is 0 Å². The van der Waals surface area contributed by atoms with Crippen LogP contribution in [0, 0.1) is 0 Å². The summed E-state index contributed by atoms with van der Waals surface area (Å²) in [6.07, 6.45) is 4.93. The second-order valence-corrected chi connectivity index (χ2v) is 6.25. The molecule has 6 heteroatoms. The van der Waals surface area contributed by atoms with Crippen molar-refractivity contribution in [2.45, 2.75) is 70.5 Å². The normalized spacial score (nSPS) is 24.4. The van der Waals surface area contributed by atoms with Gasteiger partial charge in [0.05, 0.1) is 0 Å². The highest BCUT2D eigenvalue weighted by atomic mass is 35.5. The van der Waals surface area contributed by atoms with E-state index in [4.69, 9.17) is 0 Å². The van der Waals surface area contributed by atoms with Crippen molar-refractivity contribution in [3.05, 3.63) is 0 Å². The standard InChI is InChI=1S/C15H27N3O2.ClH/c1-11(2)17-14(19)4-3-5-15(20)18-12-6-7-13(18)10-16-9-8-12;/h11-13,16H,3-10H2,1-2H3,(H,17,19);1H. The Kier molecular flexibility index (Phi) is 7.46. The largest absolute Gasteiger partial charge is 0.354 e. The van der Waals surface area contributed by atoms with Crippen LogP contribution in [0.5, 0.6) is 0 Å². The zero-order valence-electron chi connectivity index (χ0n) is 13.1. The quantitative estimate of drug-likeness (QED) is 0.807. The molecule has 2 amide bonds. The van der Waals surface area contributed by atoms with Gasteiger partial charge in [0.15, 0.2) is 0 Å². The summed E-state index contributed by atoms with van der Waals surface area (Å²) in [7, 11) is 0. The molecule has 0 aromatic heterocycles. The van der Waals surface area contributed by atoms with Crippen LogP contribution in [-0.2, 0) is 9.59 Å². The fourth-order valence-electron chi connectivity index (χ4n) is 3.31. The monoisotopic (exact) mass is 317 g/mol. The fourth-order valence-corrected chi connectivity index (χ4v) is 3.31. The van der Waals surface area contributed by atoms with Gasteiger partial charge in [-0.25, -0.2) is 0 Å². The number of hydrogen-bond donors (Lipinski definition) is 2. The molecule has 2 rings (SSSR count). The molecular weight excluding hydrogens is 290 g/mol. The predicted octanol–water partition coefficient (Wildman–Crippen LogP) is 1.46. The highest BCUT2D eigenvalue weighted by Gasteiger charge is 2.37. The van der Waals surface area contributed by atoms with E-state index in [1.54, 1.807) is 0 Å². The van der Waals surface area contributed by atoms with Gasteiger partial charge in [-0.2, -0.15) is 0 Å². The Morgan fingerprint density at radius 1 is 1.19 bits per heavy atom. The van der Waals surface area contributed by atoms with Gasteiger partial charge in [0, 0.05) is 37.5 Å². The molecular formula is C15H28ClN3O2. The lowest BCUT2D eigenvalue weighted by atomic mass is 10.1. The van der Waals surface area contributed by atoms with Gasteiger partial charge < -0.3 is 15.5 Å². The first-order valence-corrected chi connectivity index (χ1v) is 7.89. The van der Waals surface area contributed by atoms with E-state index in [-0.39, 0.29) is 30.3 Å². The molecule has 0 aliphatic carbocycles. The zero-order valence-corrected chi connectivity index (χ0v) is 13.9. The predicted molar refractivity (Wildman–Crippen MR) is 85.5 cm³/mol. The number of amides is 2. The SMILES string of the molecule is CC(C)NC(=O)CCCC(=O)N1C2CCNCC1CC2.Cl. The van der Waals surface area contributed by atoms with Gasteiger partial charge in [0.25, 0.3) is 0 Å². The molecule has 0 radical (unpaired) electrons. The van der Waals surface area contributed by atoms with Crippen molar-refractivity contribution >= 4 is 24.2 Å². The topological polar surface area (TPSA) is 61.4 Å². The average molecular weight is 318 g/mol. The van der Waals surface area contributed by atoms with Gasteiger partial charge in [-0.15, -0.1) is 12.4 Å². The summed E-state index contributed by atoms with van der Waals surface area (Å²) in [6.45, 7) is 5.84. The molecule has 2 fully saturated rings. The number of hydrogen-bond acceptors (Lipinski definition) is 3. The van der Waals surface area contributed by atoms with E-state index < -0.39 is 0 Å². The number of fused-ring (bicyclic) bond motifs is 2. The molecule has 122 valence electrons. The van der Waals surface area contributed by atoms with Crippen LogP contribution in [0.25, 0.3) is 0 Å². The minimum Gasteiger partial charge on any atom is -0.354 e. The Bertz CT molecular complexity index is 349. The first-order chi connectivity index (χ1) is 9.58. The molecule has 21 heavy (non-hydrogen) atoms. The van der Waals surface area contributed by atoms with E-state index >= 15 is 0 Å². The van der Waals surface area contributed by atoms with Crippen LogP contribution in [0.4, 0.5) is 0 Å². The van der Waals surface area contributed by atoms with E-state index in [2.05, 4.69) is 15.5 Å². The van der Waals surface area contributed by atoms with Crippen molar-refractivity contribution < 1.29 is 9.59 Å². The summed E-state index contributed by atoms with van der Waals surface area (Å²) in [5.41, 5.74) is 0. The Labute approximate surface area is 133 Å². The van der Waals surface area contributed by atoms with Crippen molar-refractivity contribution in [1.29, 1.82) is 0 Å². The Hall–Kier alpha value is -0.810. The molecule has 2 heterocycles. The summed E-state index contributed by atoms with van der Waals surface area (Å²) < 4.78 is 0. The Morgan fingerprint density at radius 2 is 1.90 bits per heavy atom. The van der Waals surface area contributed by atoms with Gasteiger partial charge in [0.1, 0.15) is 0 Å². The summed E-state index contributed by atoms with van der Waals surface area (Å²) in [5, 5.41) is 6.26. The Morgan fingerprint density at radius 3 is 2.62 bits per heavy atom. The van der Waals surface area contributed by atoms with Crippen LogP contribution in [0.2, 0.25) is 0 Å².